The smallest absolute Gasteiger partial charge is 0.0721 e. The highest BCUT2D eigenvalue weighted by molar-refractivity contribution is 9.11. The first kappa shape index (κ1) is 15.9. The Kier molecular flexibility index (Phi) is 5.36. The van der Waals surface area contributed by atoms with E-state index in [1.54, 1.807) is 0 Å². The standard InChI is InChI=1S/C16H23Br2N3/c1-19-9-11-4-2-3-7-21(13-5-6-13)16(11)15-14(18)8-12(17)10-20-15/h8,10-11,13,16,19H,2-7,9H2,1H3. The van der Waals surface area contributed by atoms with Crippen LogP contribution >= 0.6 is 31.9 Å². The average Bonchev–Trinajstić information content (AvgIpc) is 3.26. The van der Waals surface area contributed by atoms with Crippen LogP contribution in [0.3, 0.4) is 0 Å². The highest BCUT2D eigenvalue weighted by Crippen LogP contribution is 2.43. The highest BCUT2D eigenvalue weighted by atomic mass is 79.9. The summed E-state index contributed by atoms with van der Waals surface area (Å²) in [6, 6.07) is 3.36. The molecule has 0 radical (unpaired) electrons. The number of pyridine rings is 1. The summed E-state index contributed by atoms with van der Waals surface area (Å²) in [5.41, 5.74) is 1.22. The number of hydrogen-bond donors (Lipinski definition) is 1. The van der Waals surface area contributed by atoms with Crippen molar-refractivity contribution in [1.82, 2.24) is 15.2 Å². The van der Waals surface area contributed by atoms with E-state index in [1.807, 2.05) is 6.20 Å². The molecule has 2 unspecified atom stereocenters. The minimum atomic E-state index is 0.440. The van der Waals surface area contributed by atoms with Gasteiger partial charge in [-0.25, -0.2) is 0 Å². The number of rotatable bonds is 4. The van der Waals surface area contributed by atoms with E-state index in [9.17, 15) is 0 Å². The molecule has 0 amide bonds. The molecule has 1 saturated carbocycles. The Bertz CT molecular complexity index is 490. The molecule has 2 atom stereocenters. The molecule has 1 aromatic rings. The van der Waals surface area contributed by atoms with Crippen molar-refractivity contribution in [3.8, 4) is 0 Å². The Morgan fingerprint density at radius 3 is 2.76 bits per heavy atom. The lowest BCUT2D eigenvalue weighted by atomic mass is 9.91. The maximum atomic E-state index is 4.77. The fourth-order valence-electron chi connectivity index (χ4n) is 3.58. The normalized spacial score (nSPS) is 27.6. The lowest BCUT2D eigenvalue weighted by molar-refractivity contribution is 0.141. The largest absolute Gasteiger partial charge is 0.319 e. The van der Waals surface area contributed by atoms with Crippen LogP contribution in [0.2, 0.25) is 0 Å². The third-order valence-corrected chi connectivity index (χ3v) is 5.71. The molecular weight excluding hydrogens is 394 g/mol. The van der Waals surface area contributed by atoms with E-state index in [1.165, 1.54) is 44.3 Å². The second kappa shape index (κ2) is 7.07. The summed E-state index contributed by atoms with van der Waals surface area (Å²) in [5, 5.41) is 3.40. The van der Waals surface area contributed by atoms with Gasteiger partial charge in [0, 0.05) is 21.2 Å². The molecule has 5 heteroatoms. The summed E-state index contributed by atoms with van der Waals surface area (Å²) in [7, 11) is 2.06. The van der Waals surface area contributed by atoms with Crippen molar-refractivity contribution in [2.75, 3.05) is 20.1 Å². The van der Waals surface area contributed by atoms with E-state index >= 15 is 0 Å². The Hall–Kier alpha value is 0.0300. The number of aromatic nitrogens is 1. The Morgan fingerprint density at radius 1 is 1.29 bits per heavy atom. The van der Waals surface area contributed by atoms with Gasteiger partial charge >= 0.3 is 0 Å². The molecule has 1 saturated heterocycles. The van der Waals surface area contributed by atoms with Gasteiger partial charge in [0.05, 0.1) is 11.7 Å². The van der Waals surface area contributed by atoms with E-state index in [4.69, 9.17) is 4.98 Å². The number of likely N-dealkylation sites (tertiary alicyclic amines) is 1. The van der Waals surface area contributed by atoms with Crippen LogP contribution in [-0.2, 0) is 0 Å². The van der Waals surface area contributed by atoms with Gasteiger partial charge in [-0.1, -0.05) is 6.42 Å². The van der Waals surface area contributed by atoms with Crippen molar-refractivity contribution in [3.05, 3.63) is 26.9 Å². The molecule has 0 aromatic carbocycles. The van der Waals surface area contributed by atoms with Crippen LogP contribution < -0.4 is 5.32 Å². The third kappa shape index (κ3) is 3.69. The van der Waals surface area contributed by atoms with Crippen molar-refractivity contribution in [3.63, 3.8) is 0 Å². The molecule has 3 rings (SSSR count). The van der Waals surface area contributed by atoms with E-state index in [0.717, 1.165) is 21.5 Å². The molecule has 0 spiro atoms. The molecule has 1 aliphatic heterocycles. The summed E-state index contributed by atoms with van der Waals surface area (Å²) in [5.74, 6) is 0.642. The van der Waals surface area contributed by atoms with Crippen LogP contribution in [0.5, 0.6) is 0 Å². The number of nitrogens with one attached hydrogen (secondary N) is 1. The summed E-state index contributed by atoms with van der Waals surface area (Å²) < 4.78 is 2.17. The second-order valence-corrected chi connectivity index (χ2v) is 8.02. The molecule has 1 aliphatic carbocycles. The zero-order chi connectivity index (χ0) is 14.8. The summed E-state index contributed by atoms with van der Waals surface area (Å²) in [6.45, 7) is 2.29. The molecule has 116 valence electrons. The van der Waals surface area contributed by atoms with Gasteiger partial charge in [-0.2, -0.15) is 0 Å². The van der Waals surface area contributed by atoms with Crippen molar-refractivity contribution in [2.24, 2.45) is 5.92 Å². The predicted molar refractivity (Wildman–Crippen MR) is 93.4 cm³/mol. The zero-order valence-corrected chi connectivity index (χ0v) is 15.7. The molecule has 2 heterocycles. The van der Waals surface area contributed by atoms with Crippen molar-refractivity contribution in [1.29, 1.82) is 0 Å². The summed E-state index contributed by atoms with van der Waals surface area (Å²) >= 11 is 7.26. The van der Waals surface area contributed by atoms with Gasteiger partial charge in [-0.15, -0.1) is 0 Å². The van der Waals surface area contributed by atoms with E-state index in [-0.39, 0.29) is 0 Å². The first-order chi connectivity index (χ1) is 10.2. The Labute approximate surface area is 144 Å². The zero-order valence-electron chi connectivity index (χ0n) is 12.5. The maximum Gasteiger partial charge on any atom is 0.0721 e. The van der Waals surface area contributed by atoms with Gasteiger partial charge in [0.1, 0.15) is 0 Å². The van der Waals surface area contributed by atoms with Gasteiger partial charge < -0.3 is 5.32 Å². The SMILES string of the molecule is CNCC1CCCCN(C2CC2)C1c1ncc(Br)cc1Br. The average molecular weight is 417 g/mol. The van der Waals surface area contributed by atoms with E-state index in [0.29, 0.717) is 12.0 Å². The number of nitrogens with zero attached hydrogens (tertiary/aromatic N) is 2. The van der Waals surface area contributed by atoms with Gasteiger partial charge in [-0.3, -0.25) is 9.88 Å². The third-order valence-electron chi connectivity index (χ3n) is 4.64. The second-order valence-electron chi connectivity index (χ2n) is 6.25. The van der Waals surface area contributed by atoms with Crippen LogP contribution in [0.1, 0.15) is 43.8 Å². The van der Waals surface area contributed by atoms with Gasteiger partial charge in [0.25, 0.3) is 0 Å². The topological polar surface area (TPSA) is 28.2 Å². The number of hydrogen-bond acceptors (Lipinski definition) is 3. The molecule has 2 aliphatic rings. The van der Waals surface area contributed by atoms with Crippen LogP contribution in [-0.4, -0.2) is 36.1 Å². The lowest BCUT2D eigenvalue weighted by Crippen LogP contribution is -2.38. The first-order valence-electron chi connectivity index (χ1n) is 7.92. The molecule has 0 bridgehead atoms. The van der Waals surface area contributed by atoms with Gasteiger partial charge in [-0.05, 0) is 89.7 Å². The van der Waals surface area contributed by atoms with Gasteiger partial charge in [0.2, 0.25) is 0 Å². The predicted octanol–water partition coefficient (Wildman–Crippen LogP) is 4.13. The van der Waals surface area contributed by atoms with E-state index < -0.39 is 0 Å². The Balaban J connectivity index is 1.96. The maximum absolute atomic E-state index is 4.77. The first-order valence-corrected chi connectivity index (χ1v) is 9.50. The Morgan fingerprint density at radius 2 is 2.10 bits per heavy atom. The van der Waals surface area contributed by atoms with Crippen molar-refractivity contribution in [2.45, 2.75) is 44.2 Å². The van der Waals surface area contributed by atoms with E-state index in [2.05, 4.69) is 55.2 Å². The fraction of sp³-hybridized carbons (Fsp3) is 0.688. The fourth-order valence-corrected chi connectivity index (χ4v) is 4.81. The van der Waals surface area contributed by atoms with Crippen molar-refractivity contribution >= 4 is 31.9 Å². The minimum Gasteiger partial charge on any atom is -0.319 e. The van der Waals surface area contributed by atoms with Crippen LogP contribution in [0.25, 0.3) is 0 Å². The monoisotopic (exact) mass is 415 g/mol. The molecule has 21 heavy (non-hydrogen) atoms. The lowest BCUT2D eigenvalue weighted by Gasteiger charge is -2.35. The van der Waals surface area contributed by atoms with Crippen LogP contribution in [0.4, 0.5) is 0 Å². The van der Waals surface area contributed by atoms with Crippen LogP contribution in [0, 0.1) is 5.92 Å². The highest BCUT2D eigenvalue weighted by Gasteiger charge is 2.40. The molecule has 1 N–H and O–H groups in total. The molecular formula is C16H23Br2N3. The summed E-state index contributed by atoms with van der Waals surface area (Å²) in [4.78, 5) is 7.51. The molecule has 2 fully saturated rings. The van der Waals surface area contributed by atoms with Gasteiger partial charge in [0.15, 0.2) is 0 Å². The van der Waals surface area contributed by atoms with Crippen molar-refractivity contribution < 1.29 is 0 Å². The quantitative estimate of drug-likeness (QED) is 0.799. The molecule has 1 aromatic heterocycles. The molecule has 3 nitrogen and oxygen atoms in total. The summed E-state index contributed by atoms with van der Waals surface area (Å²) in [6.07, 6.45) is 8.60. The van der Waals surface area contributed by atoms with Crippen LogP contribution in [0.15, 0.2) is 21.2 Å². The minimum absolute atomic E-state index is 0.440. The number of halogens is 2.